The predicted octanol–water partition coefficient (Wildman–Crippen LogP) is 1.23. The molecule has 3 aliphatic heterocycles. The maximum absolute atomic E-state index is 12.6. The topological polar surface area (TPSA) is 41.6 Å². The van der Waals surface area contributed by atoms with Gasteiger partial charge in [0, 0.05) is 18.8 Å². The number of hydrogen-bond donors (Lipinski definition) is 1. The maximum Gasteiger partial charge on any atom is 0.230 e. The summed E-state index contributed by atoms with van der Waals surface area (Å²) < 4.78 is 6.02. The first-order chi connectivity index (χ1) is 9.19. The smallest absolute Gasteiger partial charge is 0.230 e. The van der Waals surface area contributed by atoms with Gasteiger partial charge in [0.25, 0.3) is 0 Å². The summed E-state index contributed by atoms with van der Waals surface area (Å²) in [5.41, 5.74) is -0.0797. The summed E-state index contributed by atoms with van der Waals surface area (Å²) in [5, 5.41) is 3.36. The van der Waals surface area contributed by atoms with Crippen LogP contribution in [0.5, 0.6) is 0 Å². The van der Waals surface area contributed by atoms with Gasteiger partial charge in [0.2, 0.25) is 5.91 Å². The monoisotopic (exact) mass is 282 g/mol. The minimum Gasteiger partial charge on any atom is -0.371 e. The Morgan fingerprint density at radius 1 is 1.53 bits per heavy atom. The lowest BCUT2D eigenvalue weighted by atomic mass is 9.90. The van der Waals surface area contributed by atoms with Gasteiger partial charge in [-0.3, -0.25) is 4.79 Å². The van der Waals surface area contributed by atoms with Crippen molar-refractivity contribution in [1.82, 2.24) is 10.2 Å². The number of ether oxygens (including phenoxy) is 1. The second-order valence-electron chi connectivity index (χ2n) is 5.74. The zero-order chi connectivity index (χ0) is 13.3. The molecule has 106 valence electrons. The van der Waals surface area contributed by atoms with Crippen molar-refractivity contribution in [1.29, 1.82) is 0 Å². The zero-order valence-corrected chi connectivity index (χ0v) is 12.3. The van der Waals surface area contributed by atoms with Gasteiger partial charge >= 0.3 is 0 Å². The molecule has 1 N–H and O–H groups in total. The molecule has 2 fully saturated rings. The second kappa shape index (κ2) is 5.46. The summed E-state index contributed by atoms with van der Waals surface area (Å²) in [6.45, 7) is 6.31. The lowest BCUT2D eigenvalue weighted by Crippen LogP contribution is -2.58. The molecule has 3 rings (SSSR count). The molecule has 1 amide bonds. The lowest BCUT2D eigenvalue weighted by molar-refractivity contribution is -0.156. The van der Waals surface area contributed by atoms with Crippen molar-refractivity contribution in [2.24, 2.45) is 5.92 Å². The van der Waals surface area contributed by atoms with E-state index >= 15 is 0 Å². The number of carbonyl (C=O) groups excluding carboxylic acids is 1. The van der Waals surface area contributed by atoms with Gasteiger partial charge in [0.1, 0.15) is 0 Å². The first kappa shape index (κ1) is 13.5. The van der Waals surface area contributed by atoms with Gasteiger partial charge in [0.15, 0.2) is 0 Å². The molecule has 5 heteroatoms. The fourth-order valence-electron chi connectivity index (χ4n) is 3.20. The van der Waals surface area contributed by atoms with Gasteiger partial charge in [-0.15, -0.1) is 11.8 Å². The molecule has 0 saturated carbocycles. The van der Waals surface area contributed by atoms with Crippen LogP contribution in [-0.2, 0) is 9.53 Å². The summed E-state index contributed by atoms with van der Waals surface area (Å²) in [6, 6.07) is 0. The highest BCUT2D eigenvalue weighted by Crippen LogP contribution is 2.32. The molecule has 1 unspecified atom stereocenters. The number of piperidine rings is 1. The van der Waals surface area contributed by atoms with Gasteiger partial charge in [0.05, 0.1) is 18.1 Å². The Hall–Kier alpha value is -0.520. The average molecular weight is 282 g/mol. The van der Waals surface area contributed by atoms with Crippen LogP contribution in [0.15, 0.2) is 11.0 Å². The molecule has 0 radical (unpaired) electrons. The number of nitrogens with zero attached hydrogens (tertiary/aromatic N) is 1. The fraction of sp³-hybridized carbons (Fsp3) is 0.786. The van der Waals surface area contributed by atoms with E-state index in [0.29, 0.717) is 12.5 Å². The second-order valence-corrected chi connectivity index (χ2v) is 7.00. The van der Waals surface area contributed by atoms with E-state index < -0.39 is 0 Å². The molecule has 0 aromatic heterocycles. The largest absolute Gasteiger partial charge is 0.371 e. The van der Waals surface area contributed by atoms with Crippen LogP contribution in [0.25, 0.3) is 0 Å². The summed E-state index contributed by atoms with van der Waals surface area (Å²) in [7, 11) is 0. The number of rotatable bonds is 1. The molecule has 2 saturated heterocycles. The molecule has 3 heterocycles. The zero-order valence-electron chi connectivity index (χ0n) is 11.5. The quantitative estimate of drug-likeness (QED) is 0.785. The summed E-state index contributed by atoms with van der Waals surface area (Å²) >= 11 is 1.80. The van der Waals surface area contributed by atoms with Crippen LogP contribution in [-0.4, -0.2) is 54.9 Å². The van der Waals surface area contributed by atoms with Crippen molar-refractivity contribution >= 4 is 17.7 Å². The third-order valence-corrected chi connectivity index (χ3v) is 5.44. The van der Waals surface area contributed by atoms with Crippen molar-refractivity contribution in [2.45, 2.75) is 25.4 Å². The number of hydrogen-bond acceptors (Lipinski definition) is 4. The number of carbonyl (C=O) groups is 1. The Balaban J connectivity index is 1.66. The summed E-state index contributed by atoms with van der Waals surface area (Å²) in [5.74, 6) is 1.30. The number of allylic oxidation sites excluding steroid dienone is 1. The van der Waals surface area contributed by atoms with Crippen LogP contribution in [0.3, 0.4) is 0 Å². The van der Waals surface area contributed by atoms with Crippen molar-refractivity contribution in [2.75, 3.05) is 38.5 Å². The minimum absolute atomic E-state index is 0.0797. The van der Waals surface area contributed by atoms with Crippen molar-refractivity contribution in [3.63, 3.8) is 0 Å². The number of nitrogens with one attached hydrogen (secondary N) is 1. The fourth-order valence-corrected chi connectivity index (χ4v) is 4.14. The van der Waals surface area contributed by atoms with Crippen LogP contribution in [0, 0.1) is 5.92 Å². The molecule has 19 heavy (non-hydrogen) atoms. The van der Waals surface area contributed by atoms with Gasteiger partial charge < -0.3 is 15.0 Å². The molecule has 0 aromatic carbocycles. The van der Waals surface area contributed by atoms with Crippen molar-refractivity contribution in [3.05, 3.63) is 11.0 Å². The van der Waals surface area contributed by atoms with Crippen LogP contribution in [0.1, 0.15) is 19.8 Å². The maximum atomic E-state index is 12.6. The van der Waals surface area contributed by atoms with Gasteiger partial charge in [-0.05, 0) is 37.8 Å². The Bertz CT molecular complexity index is 385. The van der Waals surface area contributed by atoms with Crippen molar-refractivity contribution in [3.8, 4) is 0 Å². The number of amides is 1. The lowest BCUT2D eigenvalue weighted by Gasteiger charge is -2.45. The van der Waals surface area contributed by atoms with E-state index in [1.807, 2.05) is 4.90 Å². The van der Waals surface area contributed by atoms with Crippen LogP contribution in [0.4, 0.5) is 0 Å². The van der Waals surface area contributed by atoms with Crippen molar-refractivity contribution < 1.29 is 9.53 Å². The molecule has 0 aliphatic carbocycles. The van der Waals surface area contributed by atoms with Gasteiger partial charge in [-0.1, -0.05) is 6.08 Å². The van der Waals surface area contributed by atoms with E-state index in [1.54, 1.807) is 11.8 Å². The van der Waals surface area contributed by atoms with E-state index in [0.717, 1.165) is 44.8 Å². The summed E-state index contributed by atoms with van der Waals surface area (Å²) in [6.07, 6.45) is 4.16. The predicted molar refractivity (Wildman–Crippen MR) is 77.1 cm³/mol. The van der Waals surface area contributed by atoms with E-state index in [4.69, 9.17) is 4.74 Å². The third kappa shape index (κ3) is 2.83. The molecule has 0 aromatic rings. The van der Waals surface area contributed by atoms with Gasteiger partial charge in [-0.25, -0.2) is 0 Å². The Morgan fingerprint density at radius 3 is 3.00 bits per heavy atom. The summed E-state index contributed by atoms with van der Waals surface area (Å²) in [4.78, 5) is 15.9. The van der Waals surface area contributed by atoms with Crippen LogP contribution >= 0.6 is 11.8 Å². The SMILES string of the molecule is CC1=CC(C(=O)N2CCOC3(CCNCC3)C2)CS1. The molecular weight excluding hydrogens is 260 g/mol. The normalized spacial score (nSPS) is 30.5. The Labute approximate surface area is 118 Å². The van der Waals surface area contributed by atoms with E-state index in [1.165, 1.54) is 4.91 Å². The molecule has 4 nitrogen and oxygen atoms in total. The molecule has 1 atom stereocenters. The third-order valence-electron chi connectivity index (χ3n) is 4.32. The standard InChI is InChI=1S/C14H22N2O2S/c1-11-8-12(9-19-11)13(17)16-6-7-18-14(10-16)2-4-15-5-3-14/h8,12,15H,2-7,9-10H2,1H3. The van der Waals surface area contributed by atoms with E-state index in [-0.39, 0.29) is 11.5 Å². The molecule has 3 aliphatic rings. The number of morpholine rings is 1. The van der Waals surface area contributed by atoms with E-state index in [9.17, 15) is 4.79 Å². The van der Waals surface area contributed by atoms with E-state index in [2.05, 4.69) is 18.3 Å². The number of thioether (sulfide) groups is 1. The van der Waals surface area contributed by atoms with Crippen LogP contribution < -0.4 is 5.32 Å². The molecular formula is C14H22N2O2S. The first-order valence-electron chi connectivity index (χ1n) is 7.13. The Morgan fingerprint density at radius 2 is 2.32 bits per heavy atom. The average Bonchev–Trinajstić information content (AvgIpc) is 2.85. The highest BCUT2D eigenvalue weighted by Gasteiger charge is 2.40. The molecule has 1 spiro atoms. The first-order valence-corrected chi connectivity index (χ1v) is 8.12. The highest BCUT2D eigenvalue weighted by molar-refractivity contribution is 8.03. The Kier molecular flexibility index (Phi) is 3.87. The molecule has 0 bridgehead atoms. The highest BCUT2D eigenvalue weighted by atomic mass is 32.2. The van der Waals surface area contributed by atoms with Crippen LogP contribution in [0.2, 0.25) is 0 Å². The minimum atomic E-state index is -0.0797. The van der Waals surface area contributed by atoms with Gasteiger partial charge in [-0.2, -0.15) is 0 Å².